The van der Waals surface area contributed by atoms with Gasteiger partial charge in [-0.1, -0.05) is 13.3 Å². The van der Waals surface area contributed by atoms with E-state index in [-0.39, 0.29) is 0 Å². The summed E-state index contributed by atoms with van der Waals surface area (Å²) >= 11 is 0. The van der Waals surface area contributed by atoms with Crippen molar-refractivity contribution in [3.63, 3.8) is 0 Å². The van der Waals surface area contributed by atoms with E-state index in [1.54, 1.807) is 0 Å². The number of nitrogens with zero attached hydrogens (tertiary/aromatic N) is 2. The van der Waals surface area contributed by atoms with Crippen LogP contribution in [0.25, 0.3) is 0 Å². The first kappa shape index (κ1) is 12.9. The predicted molar refractivity (Wildman–Crippen MR) is 66.2 cm³/mol. The van der Waals surface area contributed by atoms with Crippen LogP contribution in [-0.4, -0.2) is 63.2 Å². The maximum Gasteiger partial charge on any atom is 0.0232 e. The molecule has 1 N–H and O–H groups in total. The molecular weight excluding hydrogens is 186 g/mol. The molecule has 0 aromatic carbocycles. The number of hydrogen-bond acceptors (Lipinski definition) is 3. The van der Waals surface area contributed by atoms with Crippen molar-refractivity contribution in [2.45, 2.75) is 25.8 Å². The molecule has 1 fully saturated rings. The molecule has 3 heteroatoms. The lowest BCUT2D eigenvalue weighted by Crippen LogP contribution is -2.39. The van der Waals surface area contributed by atoms with Crippen molar-refractivity contribution < 1.29 is 0 Å². The summed E-state index contributed by atoms with van der Waals surface area (Å²) in [5, 5.41) is 3.29. The molecule has 1 heterocycles. The first-order valence-corrected chi connectivity index (χ1v) is 6.20. The van der Waals surface area contributed by atoms with Crippen LogP contribution in [0.15, 0.2) is 0 Å². The van der Waals surface area contributed by atoms with Crippen molar-refractivity contribution in [1.29, 1.82) is 0 Å². The second-order valence-corrected chi connectivity index (χ2v) is 4.98. The summed E-state index contributed by atoms with van der Waals surface area (Å²) in [5.41, 5.74) is 0. The zero-order valence-corrected chi connectivity index (χ0v) is 10.8. The maximum absolute atomic E-state index is 3.29. The summed E-state index contributed by atoms with van der Waals surface area (Å²) in [6.45, 7) is 7.17. The SMILES string of the molecule is CCC(CNC)CN(C)C1CCN(C)C1. The van der Waals surface area contributed by atoms with Gasteiger partial charge in [-0.25, -0.2) is 0 Å². The minimum Gasteiger partial charge on any atom is -0.319 e. The van der Waals surface area contributed by atoms with Gasteiger partial charge in [0.25, 0.3) is 0 Å². The molecule has 0 amide bonds. The zero-order chi connectivity index (χ0) is 11.3. The Balaban J connectivity index is 2.30. The molecule has 2 atom stereocenters. The molecule has 0 saturated carbocycles. The smallest absolute Gasteiger partial charge is 0.0232 e. The van der Waals surface area contributed by atoms with Gasteiger partial charge < -0.3 is 15.1 Å². The van der Waals surface area contributed by atoms with E-state index in [9.17, 15) is 0 Å². The molecule has 1 aliphatic rings. The van der Waals surface area contributed by atoms with Crippen molar-refractivity contribution in [3.05, 3.63) is 0 Å². The molecule has 15 heavy (non-hydrogen) atoms. The third-order valence-corrected chi connectivity index (χ3v) is 3.61. The fraction of sp³-hybridized carbons (Fsp3) is 1.00. The van der Waals surface area contributed by atoms with Gasteiger partial charge in [0, 0.05) is 19.1 Å². The van der Waals surface area contributed by atoms with E-state index in [0.29, 0.717) is 0 Å². The highest BCUT2D eigenvalue weighted by Gasteiger charge is 2.24. The monoisotopic (exact) mass is 213 g/mol. The molecule has 0 radical (unpaired) electrons. The third-order valence-electron chi connectivity index (χ3n) is 3.61. The summed E-state index contributed by atoms with van der Waals surface area (Å²) in [6.07, 6.45) is 2.61. The van der Waals surface area contributed by atoms with Gasteiger partial charge in [-0.15, -0.1) is 0 Å². The van der Waals surface area contributed by atoms with E-state index in [4.69, 9.17) is 0 Å². The van der Waals surface area contributed by atoms with Gasteiger partial charge in [-0.2, -0.15) is 0 Å². The number of hydrogen-bond donors (Lipinski definition) is 1. The van der Waals surface area contributed by atoms with Gasteiger partial charge in [0.15, 0.2) is 0 Å². The van der Waals surface area contributed by atoms with Crippen LogP contribution in [0.1, 0.15) is 19.8 Å². The number of nitrogens with one attached hydrogen (secondary N) is 1. The maximum atomic E-state index is 3.29. The summed E-state index contributed by atoms with van der Waals surface area (Å²) in [5.74, 6) is 0.797. The molecule has 3 nitrogen and oxygen atoms in total. The first-order chi connectivity index (χ1) is 7.17. The van der Waals surface area contributed by atoms with E-state index in [1.165, 1.54) is 32.5 Å². The van der Waals surface area contributed by atoms with E-state index in [0.717, 1.165) is 18.5 Å². The second kappa shape index (κ2) is 6.46. The summed E-state index contributed by atoms with van der Waals surface area (Å²) in [4.78, 5) is 4.98. The van der Waals surface area contributed by atoms with Crippen LogP contribution < -0.4 is 5.32 Å². The van der Waals surface area contributed by atoms with E-state index in [2.05, 4.69) is 36.1 Å². The zero-order valence-electron chi connectivity index (χ0n) is 10.8. The summed E-state index contributed by atoms with van der Waals surface area (Å²) < 4.78 is 0. The number of rotatable bonds is 6. The number of likely N-dealkylation sites (tertiary alicyclic amines) is 1. The van der Waals surface area contributed by atoms with E-state index < -0.39 is 0 Å². The standard InChI is InChI=1S/C12H27N3/c1-5-11(8-13-2)9-15(4)12-6-7-14(3)10-12/h11-13H,5-10H2,1-4H3. The normalized spacial score (nSPS) is 25.0. The summed E-state index contributed by atoms with van der Waals surface area (Å²) in [6, 6.07) is 0.779. The molecule has 1 saturated heterocycles. The van der Waals surface area contributed by atoms with Crippen LogP contribution in [0.5, 0.6) is 0 Å². The molecule has 0 spiro atoms. The highest BCUT2D eigenvalue weighted by atomic mass is 15.2. The Morgan fingerprint density at radius 3 is 2.73 bits per heavy atom. The van der Waals surface area contributed by atoms with Crippen LogP contribution >= 0.6 is 0 Å². The molecule has 0 aromatic rings. The van der Waals surface area contributed by atoms with E-state index in [1.807, 2.05) is 7.05 Å². The van der Waals surface area contributed by atoms with Crippen LogP contribution in [0.4, 0.5) is 0 Å². The molecular formula is C12H27N3. The van der Waals surface area contributed by atoms with Crippen LogP contribution in [0, 0.1) is 5.92 Å². The Morgan fingerprint density at radius 1 is 1.53 bits per heavy atom. The fourth-order valence-electron chi connectivity index (χ4n) is 2.45. The van der Waals surface area contributed by atoms with Crippen molar-refractivity contribution in [2.75, 3.05) is 47.3 Å². The average molecular weight is 213 g/mol. The Hall–Kier alpha value is -0.120. The van der Waals surface area contributed by atoms with Gasteiger partial charge in [0.2, 0.25) is 0 Å². The van der Waals surface area contributed by atoms with Gasteiger partial charge in [0.1, 0.15) is 0 Å². The minimum absolute atomic E-state index is 0.779. The quantitative estimate of drug-likeness (QED) is 0.706. The topological polar surface area (TPSA) is 18.5 Å². The highest BCUT2D eigenvalue weighted by molar-refractivity contribution is 4.81. The van der Waals surface area contributed by atoms with Gasteiger partial charge >= 0.3 is 0 Å². The Morgan fingerprint density at radius 2 is 2.27 bits per heavy atom. The van der Waals surface area contributed by atoms with Crippen molar-refractivity contribution in [3.8, 4) is 0 Å². The molecule has 90 valence electrons. The van der Waals surface area contributed by atoms with Crippen LogP contribution in [-0.2, 0) is 0 Å². The average Bonchev–Trinajstić information content (AvgIpc) is 2.64. The van der Waals surface area contributed by atoms with Gasteiger partial charge in [-0.05, 0) is 46.6 Å². The Kier molecular flexibility index (Phi) is 5.58. The van der Waals surface area contributed by atoms with Crippen molar-refractivity contribution in [2.24, 2.45) is 5.92 Å². The lowest BCUT2D eigenvalue weighted by molar-refractivity contribution is 0.203. The Bertz CT molecular complexity index is 172. The van der Waals surface area contributed by atoms with Crippen molar-refractivity contribution >= 4 is 0 Å². The molecule has 1 aliphatic heterocycles. The Labute approximate surface area is 94.8 Å². The van der Waals surface area contributed by atoms with Crippen LogP contribution in [0.3, 0.4) is 0 Å². The fourth-order valence-corrected chi connectivity index (χ4v) is 2.45. The third kappa shape index (κ3) is 4.09. The highest BCUT2D eigenvalue weighted by Crippen LogP contribution is 2.14. The lowest BCUT2D eigenvalue weighted by atomic mass is 10.1. The van der Waals surface area contributed by atoms with Crippen molar-refractivity contribution in [1.82, 2.24) is 15.1 Å². The van der Waals surface area contributed by atoms with E-state index >= 15 is 0 Å². The predicted octanol–water partition coefficient (Wildman–Crippen LogP) is 0.868. The molecule has 0 aromatic heterocycles. The summed E-state index contributed by atoms with van der Waals surface area (Å²) in [7, 11) is 6.55. The lowest BCUT2D eigenvalue weighted by Gasteiger charge is -2.28. The van der Waals surface area contributed by atoms with Gasteiger partial charge in [0.05, 0.1) is 0 Å². The second-order valence-electron chi connectivity index (χ2n) is 4.98. The van der Waals surface area contributed by atoms with Gasteiger partial charge in [-0.3, -0.25) is 0 Å². The molecule has 2 unspecified atom stereocenters. The minimum atomic E-state index is 0.779. The van der Waals surface area contributed by atoms with Crippen LogP contribution in [0.2, 0.25) is 0 Å². The largest absolute Gasteiger partial charge is 0.319 e. The molecule has 0 aliphatic carbocycles. The first-order valence-electron chi connectivity index (χ1n) is 6.20. The number of likely N-dealkylation sites (N-methyl/N-ethyl adjacent to an activating group) is 2. The molecule has 1 rings (SSSR count). The molecule has 0 bridgehead atoms.